The van der Waals surface area contributed by atoms with Gasteiger partial charge in [0.25, 0.3) is 0 Å². The van der Waals surface area contributed by atoms with E-state index in [1.807, 2.05) is 6.92 Å². The summed E-state index contributed by atoms with van der Waals surface area (Å²) in [5.41, 5.74) is 1.04. The van der Waals surface area contributed by atoms with Gasteiger partial charge in [0.1, 0.15) is 0 Å². The van der Waals surface area contributed by atoms with Gasteiger partial charge in [-0.15, -0.1) is 0 Å². The fourth-order valence-electron chi connectivity index (χ4n) is 0.715. The maximum absolute atomic E-state index is 10.3. The van der Waals surface area contributed by atoms with Crippen molar-refractivity contribution in [3.8, 4) is 0 Å². The summed E-state index contributed by atoms with van der Waals surface area (Å²) in [7, 11) is 1.69. The van der Waals surface area contributed by atoms with Crippen LogP contribution >= 0.6 is 0 Å². The maximum Gasteiger partial charge on any atom is 0.325 e. The molecule has 0 radical (unpaired) electrons. The number of imidazole rings is 2. The Morgan fingerprint density at radius 3 is 2.13 bits per heavy atom. The van der Waals surface area contributed by atoms with Crippen LogP contribution in [0.25, 0.3) is 0 Å². The molecule has 0 bridgehead atoms. The highest BCUT2D eigenvalue weighted by atomic mass is 16.1. The summed E-state index contributed by atoms with van der Waals surface area (Å²) in [6.45, 7) is 1.97. The Kier molecular flexibility index (Phi) is 7.95. The molecule has 0 atom stereocenters. The first-order valence-electron chi connectivity index (χ1n) is 3.85. The SMILES string of the molecule is C.C.Cc1cnc[nH]1.Cn1cc[nH]c1=O. The van der Waals surface area contributed by atoms with E-state index < -0.39 is 0 Å². The molecule has 2 aromatic rings. The van der Waals surface area contributed by atoms with E-state index >= 15 is 0 Å². The predicted octanol–water partition coefficient (Wildman–Crippen LogP) is 1.70. The number of aryl methyl sites for hydroxylation is 2. The van der Waals surface area contributed by atoms with Gasteiger partial charge in [-0.1, -0.05) is 14.9 Å². The van der Waals surface area contributed by atoms with Gasteiger partial charge in [0.2, 0.25) is 0 Å². The van der Waals surface area contributed by atoms with E-state index in [9.17, 15) is 4.79 Å². The van der Waals surface area contributed by atoms with Gasteiger partial charge in [0, 0.05) is 31.3 Å². The third kappa shape index (κ3) is 5.51. The molecule has 0 saturated heterocycles. The quantitative estimate of drug-likeness (QED) is 0.698. The van der Waals surface area contributed by atoms with Crippen molar-refractivity contribution in [2.75, 3.05) is 0 Å². The van der Waals surface area contributed by atoms with E-state index in [4.69, 9.17) is 0 Å². The number of nitrogens with one attached hydrogen (secondary N) is 2. The van der Waals surface area contributed by atoms with Crippen LogP contribution < -0.4 is 5.69 Å². The molecule has 0 aliphatic rings. The van der Waals surface area contributed by atoms with Crippen molar-refractivity contribution in [3.63, 3.8) is 0 Å². The lowest BCUT2D eigenvalue weighted by atomic mass is 10.6. The summed E-state index contributed by atoms with van der Waals surface area (Å²) in [4.78, 5) is 19.5. The number of hydrogen-bond donors (Lipinski definition) is 2. The van der Waals surface area contributed by atoms with Crippen molar-refractivity contribution < 1.29 is 0 Å². The van der Waals surface area contributed by atoms with Gasteiger partial charge in [-0.2, -0.15) is 0 Å². The summed E-state index contributed by atoms with van der Waals surface area (Å²) in [6.07, 6.45) is 6.71. The van der Waals surface area contributed by atoms with E-state index in [2.05, 4.69) is 15.0 Å². The van der Waals surface area contributed by atoms with Crippen molar-refractivity contribution in [3.05, 3.63) is 41.1 Å². The lowest BCUT2D eigenvalue weighted by Crippen LogP contribution is -2.10. The number of hydrogen-bond acceptors (Lipinski definition) is 2. The third-order valence-corrected chi connectivity index (χ3v) is 1.46. The first-order valence-corrected chi connectivity index (χ1v) is 3.85. The summed E-state index contributed by atoms with van der Waals surface area (Å²) in [5, 5.41) is 0. The standard InChI is InChI=1S/C4H6N2O.C4H6N2.2CH4/c1-6-3-2-5-4(6)7;1-4-2-5-3-6-4;;/h2-3H,1H3,(H,5,7);2-3H,1H3,(H,5,6);2*1H4. The Morgan fingerprint density at radius 2 is 2.00 bits per heavy atom. The van der Waals surface area contributed by atoms with Gasteiger partial charge in [-0.25, -0.2) is 9.78 Å². The molecule has 0 unspecified atom stereocenters. The zero-order valence-corrected chi connectivity index (χ0v) is 7.61. The molecule has 0 spiro atoms. The number of aromatic amines is 2. The van der Waals surface area contributed by atoms with Crippen molar-refractivity contribution in [1.29, 1.82) is 0 Å². The van der Waals surface area contributed by atoms with Gasteiger partial charge in [0.15, 0.2) is 0 Å². The molecule has 2 heterocycles. The van der Waals surface area contributed by atoms with Crippen LogP contribution in [0.2, 0.25) is 0 Å². The van der Waals surface area contributed by atoms with Gasteiger partial charge in [-0.3, -0.25) is 0 Å². The second-order valence-electron chi connectivity index (χ2n) is 2.61. The molecule has 86 valence electrons. The van der Waals surface area contributed by atoms with E-state index in [1.54, 1.807) is 32.0 Å². The van der Waals surface area contributed by atoms with E-state index in [-0.39, 0.29) is 20.5 Å². The zero-order valence-electron chi connectivity index (χ0n) is 7.61. The first kappa shape index (κ1) is 15.7. The molecule has 2 rings (SSSR count). The largest absolute Gasteiger partial charge is 0.349 e. The molecule has 2 N–H and O–H groups in total. The molecule has 0 aromatic carbocycles. The normalized spacial score (nSPS) is 7.87. The molecule has 5 nitrogen and oxygen atoms in total. The third-order valence-electron chi connectivity index (χ3n) is 1.46. The average Bonchev–Trinajstić information content (AvgIpc) is 2.67. The molecule has 0 fully saturated rings. The lowest BCUT2D eigenvalue weighted by molar-refractivity contribution is 0.862. The second kappa shape index (κ2) is 7.61. The molecule has 0 saturated carbocycles. The second-order valence-corrected chi connectivity index (χ2v) is 2.61. The predicted molar refractivity (Wildman–Crippen MR) is 62.8 cm³/mol. The van der Waals surface area contributed by atoms with Crippen molar-refractivity contribution in [2.24, 2.45) is 7.05 Å². The number of rotatable bonds is 0. The number of nitrogens with zero attached hydrogens (tertiary/aromatic N) is 2. The van der Waals surface area contributed by atoms with Crippen molar-refractivity contribution in [2.45, 2.75) is 21.8 Å². The van der Waals surface area contributed by atoms with Crippen LogP contribution in [0, 0.1) is 6.92 Å². The Balaban J connectivity index is 0. The summed E-state index contributed by atoms with van der Waals surface area (Å²) in [5.74, 6) is 0. The van der Waals surface area contributed by atoms with Crippen LogP contribution in [0.15, 0.2) is 29.7 Å². The highest BCUT2D eigenvalue weighted by Crippen LogP contribution is 1.81. The van der Waals surface area contributed by atoms with Gasteiger partial charge >= 0.3 is 5.69 Å². The molecule has 0 aliphatic heterocycles. The highest BCUT2D eigenvalue weighted by molar-refractivity contribution is 4.87. The van der Waals surface area contributed by atoms with Crippen LogP contribution in [0.5, 0.6) is 0 Å². The van der Waals surface area contributed by atoms with Gasteiger partial charge < -0.3 is 14.5 Å². The minimum atomic E-state index is -0.0694. The van der Waals surface area contributed by atoms with Gasteiger partial charge in [0.05, 0.1) is 6.33 Å². The van der Waals surface area contributed by atoms with E-state index in [0.29, 0.717) is 0 Å². The molecular formula is C10H20N4O. The zero-order chi connectivity index (χ0) is 9.68. The van der Waals surface area contributed by atoms with Gasteiger partial charge in [-0.05, 0) is 6.92 Å². The number of aromatic nitrogens is 4. The average molecular weight is 212 g/mol. The van der Waals surface area contributed by atoms with Crippen LogP contribution in [0.3, 0.4) is 0 Å². The smallest absolute Gasteiger partial charge is 0.325 e. The summed E-state index contributed by atoms with van der Waals surface area (Å²) < 4.78 is 1.47. The van der Waals surface area contributed by atoms with Crippen molar-refractivity contribution >= 4 is 0 Å². The Bertz CT molecular complexity index is 385. The van der Waals surface area contributed by atoms with E-state index in [0.717, 1.165) is 5.69 Å². The molecular weight excluding hydrogens is 192 g/mol. The molecule has 15 heavy (non-hydrogen) atoms. The maximum atomic E-state index is 10.3. The Hall–Kier alpha value is -1.78. The topological polar surface area (TPSA) is 66.5 Å². The number of H-pyrrole nitrogens is 2. The van der Waals surface area contributed by atoms with Crippen LogP contribution in [-0.4, -0.2) is 19.5 Å². The monoisotopic (exact) mass is 212 g/mol. The minimum absolute atomic E-state index is 0. The molecule has 2 aromatic heterocycles. The Labute approximate surface area is 90.2 Å². The summed E-state index contributed by atoms with van der Waals surface area (Å²) in [6, 6.07) is 0. The molecule has 0 aliphatic carbocycles. The molecule has 5 heteroatoms. The fourth-order valence-corrected chi connectivity index (χ4v) is 0.715. The minimum Gasteiger partial charge on any atom is -0.349 e. The summed E-state index contributed by atoms with van der Waals surface area (Å²) >= 11 is 0. The molecule has 0 amide bonds. The lowest BCUT2D eigenvalue weighted by Gasteiger charge is -1.76. The van der Waals surface area contributed by atoms with Crippen LogP contribution in [0.1, 0.15) is 20.5 Å². The van der Waals surface area contributed by atoms with E-state index in [1.165, 1.54) is 4.57 Å². The van der Waals surface area contributed by atoms with Crippen LogP contribution in [0.4, 0.5) is 0 Å². The Morgan fingerprint density at radius 1 is 1.33 bits per heavy atom. The first-order chi connectivity index (χ1) is 6.20. The fraction of sp³-hybridized carbons (Fsp3) is 0.400. The van der Waals surface area contributed by atoms with Crippen molar-refractivity contribution in [1.82, 2.24) is 19.5 Å². The highest BCUT2D eigenvalue weighted by Gasteiger charge is 1.80. The van der Waals surface area contributed by atoms with Crippen LogP contribution in [-0.2, 0) is 7.05 Å².